The fraction of sp³-hybridized carbons (Fsp3) is 0.662. The normalized spacial score (nSPS) is 13.1. The molecule has 5 heteroatoms. The molecule has 0 spiro atoms. The topological polar surface area (TPSA) is 61.8 Å². The SMILES string of the molecule is CC/C=C\C/C=C\C/C=C\C/C=C\C/C=C\CC(=O)OC(COCCCCCCCCC/C=C\C/C=C\C/C=C\CCCCC)COC(=O)CCCCCCCCCCC/C=C\C/C=C\CCCCC. The molecule has 70 heavy (non-hydrogen) atoms. The quantitative estimate of drug-likeness (QED) is 0.0345. The van der Waals surface area contributed by atoms with Crippen LogP contribution in [-0.2, 0) is 23.8 Å². The second-order valence-electron chi connectivity index (χ2n) is 18.8. The van der Waals surface area contributed by atoms with Crippen molar-refractivity contribution in [1.82, 2.24) is 0 Å². The molecule has 0 saturated heterocycles. The van der Waals surface area contributed by atoms with Gasteiger partial charge in [-0.3, -0.25) is 9.59 Å². The molecule has 0 aromatic rings. The van der Waals surface area contributed by atoms with E-state index in [1.165, 1.54) is 135 Å². The molecule has 0 aliphatic heterocycles. The smallest absolute Gasteiger partial charge is 0.310 e. The number of unbranched alkanes of at least 4 members (excludes halogenated alkanes) is 22. The highest BCUT2D eigenvalue weighted by Gasteiger charge is 2.17. The van der Waals surface area contributed by atoms with E-state index in [2.05, 4.69) is 130 Å². The summed E-state index contributed by atoms with van der Waals surface area (Å²) in [7, 11) is 0. The fourth-order valence-corrected chi connectivity index (χ4v) is 7.68. The summed E-state index contributed by atoms with van der Waals surface area (Å²) < 4.78 is 17.4. The van der Waals surface area contributed by atoms with Crippen molar-refractivity contribution in [2.24, 2.45) is 0 Å². The molecular weight excluding hydrogens is 861 g/mol. The Balaban J connectivity index is 4.40. The molecule has 0 saturated carbocycles. The first kappa shape index (κ1) is 66.3. The van der Waals surface area contributed by atoms with Gasteiger partial charge in [0.05, 0.1) is 13.0 Å². The molecule has 0 bridgehead atoms. The molecule has 0 rings (SSSR count). The molecule has 0 heterocycles. The van der Waals surface area contributed by atoms with Crippen molar-refractivity contribution in [3.63, 3.8) is 0 Å². The zero-order chi connectivity index (χ0) is 50.6. The molecule has 0 aliphatic carbocycles. The molecule has 0 aromatic heterocycles. The van der Waals surface area contributed by atoms with Gasteiger partial charge in [-0.1, -0.05) is 245 Å². The number of hydrogen-bond donors (Lipinski definition) is 0. The third-order valence-corrected chi connectivity index (χ3v) is 12.0. The summed E-state index contributed by atoms with van der Waals surface area (Å²) in [6.45, 7) is 7.53. The van der Waals surface area contributed by atoms with E-state index in [4.69, 9.17) is 14.2 Å². The molecule has 0 fully saturated rings. The molecule has 1 unspecified atom stereocenters. The summed E-state index contributed by atoms with van der Waals surface area (Å²) in [4.78, 5) is 25.5. The van der Waals surface area contributed by atoms with Gasteiger partial charge in [0, 0.05) is 13.0 Å². The highest BCUT2D eigenvalue weighted by atomic mass is 16.6. The monoisotopic (exact) mass is 969 g/mol. The van der Waals surface area contributed by atoms with Gasteiger partial charge < -0.3 is 14.2 Å². The minimum absolute atomic E-state index is 0.0327. The summed E-state index contributed by atoms with van der Waals surface area (Å²) in [5, 5.41) is 0. The molecule has 5 nitrogen and oxygen atoms in total. The van der Waals surface area contributed by atoms with Crippen LogP contribution in [0.25, 0.3) is 0 Å². The van der Waals surface area contributed by atoms with Gasteiger partial charge in [-0.25, -0.2) is 0 Å². The van der Waals surface area contributed by atoms with Crippen LogP contribution in [0.3, 0.4) is 0 Å². The molecule has 0 amide bonds. The first-order chi connectivity index (χ1) is 34.6. The van der Waals surface area contributed by atoms with Crippen LogP contribution >= 0.6 is 0 Å². The summed E-state index contributed by atoms with van der Waals surface area (Å²) in [5.74, 6) is -0.556. The standard InChI is InChI=1S/C65H108O5/c1-4-7-10-13-16-19-22-25-28-30-32-34-36-39-42-45-48-51-54-57-60-68-61-63(70-65(67)59-56-53-50-47-44-41-37-27-24-21-18-15-12-9-6-3)62-69-64(66)58-55-52-49-46-43-40-38-35-33-31-29-26-23-20-17-14-11-8-5-2/h9,12,16-21,25-29,32,34,37,44,47,53,56,63H,4-8,10-11,13-15,22-24,30-31,33,35-36,38-43,45-46,48-52,54-55,57-62H2,1-3H3/b12-9-,19-16-,20-17-,21-18-,28-25-,29-26-,34-32-,37-27-,47-44-,56-53-. The largest absolute Gasteiger partial charge is 0.462 e. The van der Waals surface area contributed by atoms with Gasteiger partial charge in [-0.2, -0.15) is 0 Å². The van der Waals surface area contributed by atoms with Crippen molar-refractivity contribution in [3.05, 3.63) is 122 Å². The number of ether oxygens (including phenoxy) is 3. The minimum Gasteiger partial charge on any atom is -0.462 e. The Bertz CT molecular complexity index is 1420. The summed E-state index contributed by atoms with van der Waals surface area (Å²) in [6, 6.07) is 0. The Labute approximate surface area is 433 Å². The Morgan fingerprint density at radius 2 is 0.686 bits per heavy atom. The number of allylic oxidation sites excluding steroid dienone is 19. The van der Waals surface area contributed by atoms with Crippen LogP contribution in [0.5, 0.6) is 0 Å². The van der Waals surface area contributed by atoms with E-state index in [9.17, 15) is 9.59 Å². The molecule has 1 atom stereocenters. The number of carbonyl (C=O) groups is 2. The average Bonchev–Trinajstić information content (AvgIpc) is 3.36. The third kappa shape index (κ3) is 56.9. The highest BCUT2D eigenvalue weighted by Crippen LogP contribution is 2.14. The Morgan fingerprint density at radius 1 is 0.343 bits per heavy atom. The van der Waals surface area contributed by atoms with Crippen molar-refractivity contribution in [1.29, 1.82) is 0 Å². The summed E-state index contributed by atoms with van der Waals surface area (Å²) >= 11 is 0. The first-order valence-electron chi connectivity index (χ1n) is 29.1. The van der Waals surface area contributed by atoms with Gasteiger partial charge in [0.15, 0.2) is 6.10 Å². The van der Waals surface area contributed by atoms with Gasteiger partial charge >= 0.3 is 11.9 Å². The van der Waals surface area contributed by atoms with Gasteiger partial charge in [0.1, 0.15) is 6.61 Å². The van der Waals surface area contributed by atoms with E-state index in [-0.39, 0.29) is 31.6 Å². The number of carbonyl (C=O) groups excluding carboxylic acids is 2. The Kier molecular flexibility index (Phi) is 56.5. The van der Waals surface area contributed by atoms with Crippen LogP contribution in [0.15, 0.2) is 122 Å². The van der Waals surface area contributed by atoms with Crippen LogP contribution < -0.4 is 0 Å². The lowest BCUT2D eigenvalue weighted by molar-refractivity contribution is -0.162. The highest BCUT2D eigenvalue weighted by molar-refractivity contribution is 5.71. The zero-order valence-corrected chi connectivity index (χ0v) is 45.7. The van der Waals surface area contributed by atoms with Gasteiger partial charge in [0.25, 0.3) is 0 Å². The number of esters is 2. The molecule has 0 aliphatic rings. The summed E-state index contributed by atoms with van der Waals surface area (Å²) in [5.41, 5.74) is 0. The molecule has 0 N–H and O–H groups in total. The molecular formula is C65H108O5. The van der Waals surface area contributed by atoms with Crippen molar-refractivity contribution in [3.8, 4) is 0 Å². The Hall–Kier alpha value is -3.70. The van der Waals surface area contributed by atoms with Crippen molar-refractivity contribution in [2.45, 2.75) is 258 Å². The second kappa shape index (κ2) is 59.6. The van der Waals surface area contributed by atoms with E-state index < -0.39 is 6.10 Å². The van der Waals surface area contributed by atoms with E-state index in [1.807, 2.05) is 12.2 Å². The second-order valence-corrected chi connectivity index (χ2v) is 18.8. The van der Waals surface area contributed by atoms with Crippen LogP contribution in [-0.4, -0.2) is 37.9 Å². The lowest BCUT2D eigenvalue weighted by atomic mass is 10.1. The maximum atomic E-state index is 12.8. The zero-order valence-electron chi connectivity index (χ0n) is 45.7. The van der Waals surface area contributed by atoms with E-state index in [1.54, 1.807) is 0 Å². The van der Waals surface area contributed by atoms with Crippen LogP contribution in [0.4, 0.5) is 0 Å². The first-order valence-corrected chi connectivity index (χ1v) is 29.1. The predicted molar refractivity (Wildman–Crippen MR) is 306 cm³/mol. The van der Waals surface area contributed by atoms with E-state index in [0.29, 0.717) is 13.0 Å². The van der Waals surface area contributed by atoms with Crippen molar-refractivity contribution >= 4 is 11.9 Å². The van der Waals surface area contributed by atoms with Crippen LogP contribution in [0.2, 0.25) is 0 Å². The van der Waals surface area contributed by atoms with Gasteiger partial charge in [0.2, 0.25) is 0 Å². The van der Waals surface area contributed by atoms with Crippen molar-refractivity contribution < 1.29 is 23.8 Å². The molecule has 398 valence electrons. The fourth-order valence-electron chi connectivity index (χ4n) is 7.68. The number of hydrogen-bond acceptors (Lipinski definition) is 5. The van der Waals surface area contributed by atoms with Crippen molar-refractivity contribution in [2.75, 3.05) is 19.8 Å². The molecule has 0 radical (unpaired) electrons. The minimum atomic E-state index is -0.607. The maximum absolute atomic E-state index is 12.8. The lowest BCUT2D eigenvalue weighted by Crippen LogP contribution is -2.29. The van der Waals surface area contributed by atoms with E-state index in [0.717, 1.165) is 83.5 Å². The van der Waals surface area contributed by atoms with Gasteiger partial charge in [-0.05, 0) is 116 Å². The maximum Gasteiger partial charge on any atom is 0.310 e. The average molecular weight is 970 g/mol. The molecule has 0 aromatic carbocycles. The van der Waals surface area contributed by atoms with E-state index >= 15 is 0 Å². The van der Waals surface area contributed by atoms with Gasteiger partial charge in [-0.15, -0.1) is 0 Å². The van der Waals surface area contributed by atoms with Crippen LogP contribution in [0, 0.1) is 0 Å². The lowest BCUT2D eigenvalue weighted by Gasteiger charge is -2.18. The third-order valence-electron chi connectivity index (χ3n) is 12.0. The predicted octanol–water partition coefficient (Wildman–Crippen LogP) is 20.1. The van der Waals surface area contributed by atoms with Crippen LogP contribution in [0.1, 0.15) is 252 Å². The number of rotatable bonds is 52. The Morgan fingerprint density at radius 3 is 1.10 bits per heavy atom. The summed E-state index contributed by atoms with van der Waals surface area (Å²) in [6.07, 6.45) is 83.9.